The van der Waals surface area contributed by atoms with E-state index in [9.17, 15) is 4.79 Å². The van der Waals surface area contributed by atoms with Gasteiger partial charge in [0.25, 0.3) is 0 Å². The molecule has 2 aromatic carbocycles. The molecule has 2 aromatic rings. The number of rotatable bonds is 4. The first kappa shape index (κ1) is 17.1. The van der Waals surface area contributed by atoms with Crippen LogP contribution in [0.4, 0.5) is 10.5 Å². The van der Waals surface area contributed by atoms with Crippen LogP contribution in [0.1, 0.15) is 36.1 Å². The first-order valence-electron chi connectivity index (χ1n) is 8.08. The Bertz CT molecular complexity index is 654. The number of benzene rings is 2. The Labute approximate surface area is 139 Å². The Hall–Kier alpha value is -2.29. The molecule has 23 heavy (non-hydrogen) atoms. The van der Waals surface area contributed by atoms with Gasteiger partial charge >= 0.3 is 6.03 Å². The van der Waals surface area contributed by atoms with Gasteiger partial charge in [0.05, 0.1) is 0 Å². The van der Waals surface area contributed by atoms with Crippen molar-refractivity contribution in [3.8, 4) is 0 Å². The van der Waals surface area contributed by atoms with Gasteiger partial charge in [-0.25, -0.2) is 4.79 Å². The van der Waals surface area contributed by atoms with E-state index in [0.717, 1.165) is 22.4 Å². The molecule has 0 aliphatic carbocycles. The number of nitrogens with zero attached hydrogens (tertiary/aromatic N) is 1. The summed E-state index contributed by atoms with van der Waals surface area (Å²) >= 11 is 0. The van der Waals surface area contributed by atoms with Crippen molar-refractivity contribution in [2.75, 3.05) is 5.32 Å². The van der Waals surface area contributed by atoms with Gasteiger partial charge in [-0.2, -0.15) is 0 Å². The Morgan fingerprint density at radius 2 is 1.61 bits per heavy atom. The molecule has 0 fully saturated rings. The second kappa shape index (κ2) is 7.32. The van der Waals surface area contributed by atoms with Crippen LogP contribution in [0.3, 0.4) is 0 Å². The Balaban J connectivity index is 2.19. The summed E-state index contributed by atoms with van der Waals surface area (Å²) in [7, 11) is 0. The topological polar surface area (TPSA) is 32.3 Å². The van der Waals surface area contributed by atoms with Gasteiger partial charge in [0.2, 0.25) is 0 Å². The quantitative estimate of drug-likeness (QED) is 0.841. The van der Waals surface area contributed by atoms with E-state index in [0.29, 0.717) is 6.54 Å². The first-order valence-corrected chi connectivity index (χ1v) is 8.08. The first-order chi connectivity index (χ1) is 10.9. The molecule has 0 bridgehead atoms. The van der Waals surface area contributed by atoms with Gasteiger partial charge < -0.3 is 10.2 Å². The molecular weight excluding hydrogens is 284 g/mol. The van der Waals surface area contributed by atoms with Crippen molar-refractivity contribution in [1.29, 1.82) is 0 Å². The van der Waals surface area contributed by atoms with E-state index in [1.165, 1.54) is 5.56 Å². The molecule has 0 saturated carbocycles. The zero-order valence-corrected chi connectivity index (χ0v) is 14.7. The highest BCUT2D eigenvalue weighted by atomic mass is 16.2. The molecule has 0 heterocycles. The fraction of sp³-hybridized carbons (Fsp3) is 0.350. The number of carbonyl (C=O) groups is 1. The standard InChI is InChI=1S/C20H26N2O/c1-14(2)22(13-18-9-7-6-8-10-18)20(23)21-19-16(4)11-15(3)12-17(19)5/h6-12,14H,13H2,1-5H3,(H,21,23). The summed E-state index contributed by atoms with van der Waals surface area (Å²) in [6.45, 7) is 10.8. The van der Waals surface area contributed by atoms with Crippen LogP contribution in [0.15, 0.2) is 42.5 Å². The zero-order valence-electron chi connectivity index (χ0n) is 14.7. The highest BCUT2D eigenvalue weighted by Gasteiger charge is 2.18. The van der Waals surface area contributed by atoms with Crippen LogP contribution in [-0.4, -0.2) is 17.0 Å². The number of carbonyl (C=O) groups excluding carboxylic acids is 1. The Morgan fingerprint density at radius 1 is 1.04 bits per heavy atom. The molecule has 1 N–H and O–H groups in total. The molecular formula is C20H26N2O. The lowest BCUT2D eigenvalue weighted by atomic mass is 10.1. The molecule has 0 aliphatic heterocycles. The summed E-state index contributed by atoms with van der Waals surface area (Å²) in [6, 6.07) is 14.3. The third-order valence-electron chi connectivity index (χ3n) is 3.99. The van der Waals surface area contributed by atoms with Gasteiger partial charge in [-0.1, -0.05) is 48.0 Å². The summed E-state index contributed by atoms with van der Waals surface area (Å²) < 4.78 is 0. The number of aryl methyl sites for hydroxylation is 3. The molecule has 0 spiro atoms. The predicted molar refractivity (Wildman–Crippen MR) is 96.8 cm³/mol. The van der Waals surface area contributed by atoms with Crippen molar-refractivity contribution in [2.45, 2.75) is 47.2 Å². The van der Waals surface area contributed by atoms with E-state index in [-0.39, 0.29) is 12.1 Å². The molecule has 122 valence electrons. The van der Waals surface area contributed by atoms with Crippen molar-refractivity contribution >= 4 is 11.7 Å². The largest absolute Gasteiger partial charge is 0.322 e. The average Bonchev–Trinajstić information content (AvgIpc) is 2.49. The minimum Gasteiger partial charge on any atom is -0.318 e. The van der Waals surface area contributed by atoms with Gasteiger partial charge in [-0.3, -0.25) is 0 Å². The van der Waals surface area contributed by atoms with Gasteiger partial charge in [0, 0.05) is 18.3 Å². The summed E-state index contributed by atoms with van der Waals surface area (Å²) in [4.78, 5) is 14.6. The van der Waals surface area contributed by atoms with E-state index < -0.39 is 0 Å². The Kier molecular flexibility index (Phi) is 5.43. The minimum atomic E-state index is -0.0566. The van der Waals surface area contributed by atoms with E-state index in [2.05, 4.69) is 24.4 Å². The van der Waals surface area contributed by atoms with Gasteiger partial charge in [-0.15, -0.1) is 0 Å². The molecule has 2 amide bonds. The van der Waals surface area contributed by atoms with E-state index in [1.807, 2.05) is 62.9 Å². The molecule has 3 heteroatoms. The zero-order chi connectivity index (χ0) is 17.0. The molecule has 0 aliphatic rings. The van der Waals surface area contributed by atoms with Crippen molar-refractivity contribution in [2.24, 2.45) is 0 Å². The number of hydrogen-bond acceptors (Lipinski definition) is 1. The van der Waals surface area contributed by atoms with Crippen LogP contribution in [-0.2, 0) is 6.54 Å². The molecule has 0 atom stereocenters. The second-order valence-electron chi connectivity index (χ2n) is 6.41. The lowest BCUT2D eigenvalue weighted by Gasteiger charge is -2.28. The SMILES string of the molecule is Cc1cc(C)c(NC(=O)N(Cc2ccccc2)C(C)C)c(C)c1. The van der Waals surface area contributed by atoms with E-state index in [4.69, 9.17) is 0 Å². The Morgan fingerprint density at radius 3 is 2.13 bits per heavy atom. The third-order valence-corrected chi connectivity index (χ3v) is 3.99. The normalized spacial score (nSPS) is 10.7. The highest BCUT2D eigenvalue weighted by Crippen LogP contribution is 2.23. The maximum atomic E-state index is 12.8. The van der Waals surface area contributed by atoms with Crippen LogP contribution >= 0.6 is 0 Å². The number of hydrogen-bond donors (Lipinski definition) is 1. The number of anilines is 1. The smallest absolute Gasteiger partial charge is 0.318 e. The number of amides is 2. The second-order valence-corrected chi connectivity index (χ2v) is 6.41. The van der Waals surface area contributed by atoms with Gasteiger partial charge in [0.15, 0.2) is 0 Å². The maximum absolute atomic E-state index is 12.8. The third kappa shape index (κ3) is 4.35. The van der Waals surface area contributed by atoms with Crippen molar-refractivity contribution < 1.29 is 4.79 Å². The van der Waals surface area contributed by atoms with Crippen LogP contribution in [0.5, 0.6) is 0 Å². The molecule has 0 radical (unpaired) electrons. The average molecular weight is 310 g/mol. The van der Waals surface area contributed by atoms with Gasteiger partial charge in [-0.05, 0) is 51.3 Å². The summed E-state index contributed by atoms with van der Waals surface area (Å²) in [5, 5.41) is 3.09. The van der Waals surface area contributed by atoms with Crippen LogP contribution in [0, 0.1) is 20.8 Å². The van der Waals surface area contributed by atoms with Crippen LogP contribution in [0.2, 0.25) is 0 Å². The lowest BCUT2D eigenvalue weighted by Crippen LogP contribution is -2.39. The molecule has 0 aromatic heterocycles. The molecule has 2 rings (SSSR count). The van der Waals surface area contributed by atoms with E-state index in [1.54, 1.807) is 0 Å². The summed E-state index contributed by atoms with van der Waals surface area (Å²) in [5.74, 6) is 0. The molecule has 0 saturated heterocycles. The number of urea groups is 1. The van der Waals surface area contributed by atoms with Crippen molar-refractivity contribution in [1.82, 2.24) is 4.90 Å². The van der Waals surface area contributed by atoms with Crippen molar-refractivity contribution in [3.63, 3.8) is 0 Å². The van der Waals surface area contributed by atoms with E-state index >= 15 is 0 Å². The molecule has 3 nitrogen and oxygen atoms in total. The summed E-state index contributed by atoms with van der Waals surface area (Å²) in [5.41, 5.74) is 5.45. The highest BCUT2D eigenvalue weighted by molar-refractivity contribution is 5.91. The number of nitrogens with one attached hydrogen (secondary N) is 1. The summed E-state index contributed by atoms with van der Waals surface area (Å²) in [6.07, 6.45) is 0. The fourth-order valence-electron chi connectivity index (χ4n) is 2.82. The predicted octanol–water partition coefficient (Wildman–Crippen LogP) is 5.05. The lowest BCUT2D eigenvalue weighted by molar-refractivity contribution is 0.193. The van der Waals surface area contributed by atoms with Crippen LogP contribution < -0.4 is 5.32 Å². The monoisotopic (exact) mass is 310 g/mol. The molecule has 0 unspecified atom stereocenters. The van der Waals surface area contributed by atoms with Crippen LogP contribution in [0.25, 0.3) is 0 Å². The van der Waals surface area contributed by atoms with Crippen molar-refractivity contribution in [3.05, 3.63) is 64.7 Å². The minimum absolute atomic E-state index is 0.0566. The maximum Gasteiger partial charge on any atom is 0.322 e. The van der Waals surface area contributed by atoms with Gasteiger partial charge in [0.1, 0.15) is 0 Å². The fourth-order valence-corrected chi connectivity index (χ4v) is 2.82.